The van der Waals surface area contributed by atoms with E-state index in [0.29, 0.717) is 18.4 Å². The molecule has 1 saturated carbocycles. The lowest BCUT2D eigenvalue weighted by Gasteiger charge is -2.11. The Kier molecular flexibility index (Phi) is 3.14. The number of allylic oxidation sites excluding steroid dienone is 1. The standard InChI is InChI=1S/C9H14O2/c10-7-8-5-3-1-2-4-6-9(8)11/h7,10H,1-6H2/p-1. The molecule has 0 N–H and O–H groups in total. The van der Waals surface area contributed by atoms with Crippen LogP contribution in [-0.4, -0.2) is 5.78 Å². The molecule has 0 unspecified atom stereocenters. The first-order valence-electron chi connectivity index (χ1n) is 4.19. The molecule has 0 aromatic rings. The van der Waals surface area contributed by atoms with Crippen molar-refractivity contribution in [1.29, 1.82) is 0 Å². The second-order valence-corrected chi connectivity index (χ2v) is 2.98. The van der Waals surface area contributed by atoms with Crippen LogP contribution in [-0.2, 0) is 4.79 Å². The molecule has 2 heteroatoms. The van der Waals surface area contributed by atoms with Gasteiger partial charge in [0.15, 0.2) is 5.78 Å². The van der Waals surface area contributed by atoms with Gasteiger partial charge in [0, 0.05) is 6.42 Å². The molecule has 0 radical (unpaired) electrons. The third-order valence-electron chi connectivity index (χ3n) is 2.10. The summed E-state index contributed by atoms with van der Waals surface area (Å²) in [6, 6.07) is 0. The minimum Gasteiger partial charge on any atom is -0.878 e. The van der Waals surface area contributed by atoms with Gasteiger partial charge in [-0.2, -0.15) is 0 Å². The van der Waals surface area contributed by atoms with Crippen molar-refractivity contribution in [3.05, 3.63) is 11.8 Å². The van der Waals surface area contributed by atoms with Gasteiger partial charge in [-0.05, 0) is 24.8 Å². The largest absolute Gasteiger partial charge is 0.878 e. The van der Waals surface area contributed by atoms with Gasteiger partial charge in [0.1, 0.15) is 0 Å². The maximum atomic E-state index is 11.1. The van der Waals surface area contributed by atoms with Crippen molar-refractivity contribution in [1.82, 2.24) is 0 Å². The molecule has 0 spiro atoms. The van der Waals surface area contributed by atoms with E-state index in [1.807, 2.05) is 0 Å². The van der Waals surface area contributed by atoms with Gasteiger partial charge in [-0.15, -0.1) is 6.26 Å². The van der Waals surface area contributed by atoms with Crippen molar-refractivity contribution in [3.8, 4) is 0 Å². The van der Waals surface area contributed by atoms with Crippen LogP contribution in [0.1, 0.15) is 38.5 Å². The SMILES string of the molecule is O=C1CCCCCCC1=C[O-]. The lowest BCUT2D eigenvalue weighted by atomic mass is 9.96. The Balaban J connectivity index is 2.53. The Morgan fingerprint density at radius 2 is 1.73 bits per heavy atom. The van der Waals surface area contributed by atoms with Gasteiger partial charge in [0.2, 0.25) is 0 Å². The van der Waals surface area contributed by atoms with Crippen LogP contribution in [0, 0.1) is 0 Å². The Morgan fingerprint density at radius 3 is 2.36 bits per heavy atom. The summed E-state index contributed by atoms with van der Waals surface area (Å²) in [4.78, 5) is 11.1. The summed E-state index contributed by atoms with van der Waals surface area (Å²) >= 11 is 0. The summed E-state index contributed by atoms with van der Waals surface area (Å²) in [6.45, 7) is 0. The van der Waals surface area contributed by atoms with Crippen molar-refractivity contribution in [3.63, 3.8) is 0 Å². The predicted molar refractivity (Wildman–Crippen MR) is 40.8 cm³/mol. The molecule has 0 bridgehead atoms. The molecule has 11 heavy (non-hydrogen) atoms. The monoisotopic (exact) mass is 153 g/mol. The molecule has 0 aromatic carbocycles. The van der Waals surface area contributed by atoms with Gasteiger partial charge in [0.25, 0.3) is 0 Å². The molecule has 0 aromatic heterocycles. The normalized spacial score (nSPS) is 24.7. The molecule has 0 heterocycles. The van der Waals surface area contributed by atoms with Gasteiger partial charge in [0.05, 0.1) is 0 Å². The molecule has 62 valence electrons. The van der Waals surface area contributed by atoms with Crippen molar-refractivity contribution >= 4 is 5.78 Å². The highest BCUT2D eigenvalue weighted by atomic mass is 16.2. The molecule has 0 atom stereocenters. The molecular formula is C9H13O2-. The number of ketones is 1. The Hall–Kier alpha value is -0.790. The first-order chi connectivity index (χ1) is 5.34. The van der Waals surface area contributed by atoms with Crippen LogP contribution in [0.3, 0.4) is 0 Å². The van der Waals surface area contributed by atoms with Gasteiger partial charge >= 0.3 is 0 Å². The maximum absolute atomic E-state index is 11.1. The Bertz CT molecular complexity index is 170. The van der Waals surface area contributed by atoms with Crippen molar-refractivity contribution in [2.24, 2.45) is 0 Å². The molecule has 1 rings (SSSR count). The van der Waals surface area contributed by atoms with Crippen LogP contribution in [0.15, 0.2) is 11.8 Å². The zero-order valence-electron chi connectivity index (χ0n) is 6.64. The number of Topliss-reactive ketones (excluding diaryl/α,β-unsaturated/α-hetero) is 1. The molecule has 1 aliphatic rings. The minimum absolute atomic E-state index is 0.0692. The fourth-order valence-corrected chi connectivity index (χ4v) is 1.38. The quantitative estimate of drug-likeness (QED) is 0.387. The highest BCUT2D eigenvalue weighted by molar-refractivity contribution is 5.94. The van der Waals surface area contributed by atoms with E-state index in [1.54, 1.807) is 0 Å². The van der Waals surface area contributed by atoms with Crippen LogP contribution in [0.2, 0.25) is 0 Å². The average Bonchev–Trinajstić information content (AvgIpc) is 1.98. The Labute approximate surface area is 66.9 Å². The highest BCUT2D eigenvalue weighted by Gasteiger charge is 2.09. The number of hydrogen-bond donors (Lipinski definition) is 0. The summed E-state index contributed by atoms with van der Waals surface area (Å²) < 4.78 is 0. The van der Waals surface area contributed by atoms with Crippen molar-refractivity contribution < 1.29 is 9.90 Å². The van der Waals surface area contributed by atoms with Crippen LogP contribution >= 0.6 is 0 Å². The summed E-state index contributed by atoms with van der Waals surface area (Å²) in [5.41, 5.74) is 0.504. The lowest BCUT2D eigenvalue weighted by Crippen LogP contribution is -2.08. The van der Waals surface area contributed by atoms with E-state index in [2.05, 4.69) is 0 Å². The summed E-state index contributed by atoms with van der Waals surface area (Å²) in [7, 11) is 0. The fourth-order valence-electron chi connectivity index (χ4n) is 1.38. The third-order valence-corrected chi connectivity index (χ3v) is 2.10. The van der Waals surface area contributed by atoms with Gasteiger partial charge < -0.3 is 5.11 Å². The van der Waals surface area contributed by atoms with Crippen LogP contribution in [0.4, 0.5) is 0 Å². The third kappa shape index (κ3) is 2.37. The molecule has 0 amide bonds. The Morgan fingerprint density at radius 1 is 1.09 bits per heavy atom. The van der Waals surface area contributed by atoms with E-state index < -0.39 is 0 Å². The number of rotatable bonds is 0. The minimum atomic E-state index is 0.0692. The zero-order valence-corrected chi connectivity index (χ0v) is 6.64. The highest BCUT2D eigenvalue weighted by Crippen LogP contribution is 2.17. The first kappa shape index (κ1) is 8.31. The van der Waals surface area contributed by atoms with Gasteiger partial charge in [-0.25, -0.2) is 0 Å². The molecular weight excluding hydrogens is 140 g/mol. The van der Waals surface area contributed by atoms with Crippen LogP contribution in [0.25, 0.3) is 0 Å². The molecule has 1 aliphatic carbocycles. The summed E-state index contributed by atoms with van der Waals surface area (Å²) in [6.07, 6.45) is 6.25. The second-order valence-electron chi connectivity index (χ2n) is 2.98. The molecule has 0 aliphatic heterocycles. The molecule has 1 fully saturated rings. The maximum Gasteiger partial charge on any atom is 0.157 e. The van der Waals surface area contributed by atoms with E-state index in [9.17, 15) is 9.90 Å². The van der Waals surface area contributed by atoms with Crippen molar-refractivity contribution in [2.45, 2.75) is 38.5 Å². The lowest BCUT2D eigenvalue weighted by molar-refractivity contribution is -0.276. The van der Waals surface area contributed by atoms with E-state index >= 15 is 0 Å². The van der Waals surface area contributed by atoms with Crippen LogP contribution in [0.5, 0.6) is 0 Å². The number of carbonyl (C=O) groups excluding carboxylic acids is 1. The van der Waals surface area contributed by atoms with E-state index in [1.165, 1.54) is 0 Å². The van der Waals surface area contributed by atoms with Crippen LogP contribution < -0.4 is 5.11 Å². The smallest absolute Gasteiger partial charge is 0.157 e. The second kappa shape index (κ2) is 4.16. The number of carbonyl (C=O) groups is 1. The molecule has 2 nitrogen and oxygen atoms in total. The van der Waals surface area contributed by atoms with E-state index in [4.69, 9.17) is 0 Å². The topological polar surface area (TPSA) is 40.1 Å². The van der Waals surface area contributed by atoms with Crippen molar-refractivity contribution in [2.75, 3.05) is 0 Å². The first-order valence-corrected chi connectivity index (χ1v) is 4.19. The van der Waals surface area contributed by atoms with Gasteiger partial charge in [-0.3, -0.25) is 4.79 Å². The molecule has 0 saturated heterocycles. The van der Waals surface area contributed by atoms with E-state index in [0.717, 1.165) is 31.9 Å². The average molecular weight is 153 g/mol. The van der Waals surface area contributed by atoms with E-state index in [-0.39, 0.29) is 5.78 Å². The number of hydrogen-bond acceptors (Lipinski definition) is 2. The van der Waals surface area contributed by atoms with Gasteiger partial charge in [-0.1, -0.05) is 12.8 Å². The fraction of sp³-hybridized carbons (Fsp3) is 0.667. The zero-order chi connectivity index (χ0) is 8.10. The summed E-state index contributed by atoms with van der Waals surface area (Å²) in [5, 5.41) is 10.4. The predicted octanol–water partition coefficient (Wildman–Crippen LogP) is 1.15. The summed E-state index contributed by atoms with van der Waals surface area (Å²) in [5.74, 6) is 0.0692.